The Morgan fingerprint density at radius 2 is 1.82 bits per heavy atom. The number of fused-ring (bicyclic) bond motifs is 2. The predicted octanol–water partition coefficient (Wildman–Crippen LogP) is 4.51. The van der Waals surface area contributed by atoms with Crippen LogP contribution in [-0.4, -0.2) is 26.1 Å². The molecule has 0 saturated carbocycles. The highest BCUT2D eigenvalue weighted by atomic mass is 32.2. The van der Waals surface area contributed by atoms with Gasteiger partial charge in [0.05, 0.1) is 10.6 Å². The van der Waals surface area contributed by atoms with Crippen molar-refractivity contribution < 1.29 is 17.6 Å². The summed E-state index contributed by atoms with van der Waals surface area (Å²) in [7, 11) is -3.80. The second kappa shape index (κ2) is 8.43. The van der Waals surface area contributed by atoms with E-state index in [1.165, 1.54) is 0 Å². The Kier molecular flexibility index (Phi) is 5.56. The molecular formula is C26H27N3O4S. The van der Waals surface area contributed by atoms with E-state index in [9.17, 15) is 13.2 Å². The Labute approximate surface area is 199 Å². The molecule has 2 heterocycles. The van der Waals surface area contributed by atoms with Crippen LogP contribution in [-0.2, 0) is 22.9 Å². The van der Waals surface area contributed by atoms with E-state index in [0.29, 0.717) is 35.6 Å². The molecule has 1 aliphatic heterocycles. The quantitative estimate of drug-likeness (QED) is 0.560. The van der Waals surface area contributed by atoms with Gasteiger partial charge in [-0.05, 0) is 63.8 Å². The molecule has 1 atom stereocenters. The van der Waals surface area contributed by atoms with Crippen molar-refractivity contribution in [2.75, 3.05) is 4.90 Å². The molecule has 0 fully saturated rings. The van der Waals surface area contributed by atoms with Crippen LogP contribution in [0, 0.1) is 13.8 Å². The van der Waals surface area contributed by atoms with Crippen LogP contribution in [0.5, 0.6) is 0 Å². The maximum Gasteiger partial charge on any atom is 0.294 e. The molecule has 0 spiro atoms. The van der Waals surface area contributed by atoms with E-state index in [0.717, 1.165) is 35.2 Å². The van der Waals surface area contributed by atoms with Crippen LogP contribution in [0.3, 0.4) is 0 Å². The standard InChI is InChI=1S/C26H27N3O4S/c1-16-11-13-20(14-12-16)34(31,32)28-27-21-8-6-10-23-24(21)18(3)25(33-23)26(30)29-17(2)15-19-7-4-5-9-22(19)29/h4-5,7,9,11-14,17,28H,6,8,10,15H2,1-3H3/b27-21+. The highest BCUT2D eigenvalue weighted by Crippen LogP contribution is 2.36. The number of amides is 1. The van der Waals surface area contributed by atoms with Gasteiger partial charge in [0.15, 0.2) is 5.76 Å². The lowest BCUT2D eigenvalue weighted by molar-refractivity contribution is 0.0952. The van der Waals surface area contributed by atoms with E-state index in [1.807, 2.05) is 45.0 Å². The third-order valence-electron chi connectivity index (χ3n) is 6.58. The number of furan rings is 1. The van der Waals surface area contributed by atoms with Crippen molar-refractivity contribution in [3.05, 3.63) is 82.3 Å². The maximum atomic E-state index is 13.6. The molecule has 1 aromatic heterocycles. The zero-order valence-electron chi connectivity index (χ0n) is 19.5. The Balaban J connectivity index is 1.46. The number of sulfonamides is 1. The van der Waals surface area contributed by atoms with E-state index < -0.39 is 10.0 Å². The maximum absolute atomic E-state index is 13.6. The third-order valence-corrected chi connectivity index (χ3v) is 7.80. The fourth-order valence-corrected chi connectivity index (χ4v) is 5.68. The van der Waals surface area contributed by atoms with Gasteiger partial charge in [-0.15, -0.1) is 0 Å². The van der Waals surface area contributed by atoms with Crippen molar-refractivity contribution in [2.24, 2.45) is 5.10 Å². The SMILES string of the molecule is Cc1ccc(S(=O)(=O)N/N=C2\CCCc3oc(C(=O)N4c5ccccc5CC4C)c(C)c32)cc1. The van der Waals surface area contributed by atoms with Gasteiger partial charge < -0.3 is 9.32 Å². The van der Waals surface area contributed by atoms with Crippen molar-refractivity contribution >= 4 is 27.3 Å². The molecule has 7 nitrogen and oxygen atoms in total. The summed E-state index contributed by atoms with van der Waals surface area (Å²) in [5, 5.41) is 4.27. The van der Waals surface area contributed by atoms with Gasteiger partial charge >= 0.3 is 0 Å². The summed E-state index contributed by atoms with van der Waals surface area (Å²) in [4.78, 5) is 17.9. The first kappa shape index (κ1) is 22.4. The van der Waals surface area contributed by atoms with Crippen molar-refractivity contribution in [1.82, 2.24) is 4.83 Å². The number of nitrogens with one attached hydrogen (secondary N) is 1. The van der Waals surface area contributed by atoms with Crippen molar-refractivity contribution in [2.45, 2.75) is 57.4 Å². The number of para-hydroxylation sites is 1. The number of hydrogen-bond acceptors (Lipinski definition) is 5. The molecule has 0 bridgehead atoms. The number of aryl methyl sites for hydroxylation is 2. The summed E-state index contributed by atoms with van der Waals surface area (Å²) < 4.78 is 31.5. The van der Waals surface area contributed by atoms with Crippen LogP contribution in [0.2, 0.25) is 0 Å². The van der Waals surface area contributed by atoms with Gasteiger partial charge in [0, 0.05) is 29.3 Å². The third kappa shape index (κ3) is 3.81. The molecule has 5 rings (SSSR count). The van der Waals surface area contributed by atoms with Crippen molar-refractivity contribution in [3.63, 3.8) is 0 Å². The van der Waals surface area contributed by atoms with E-state index in [4.69, 9.17) is 4.42 Å². The molecule has 3 aromatic rings. The lowest BCUT2D eigenvalue weighted by atomic mass is 9.93. The van der Waals surface area contributed by atoms with Gasteiger partial charge in [-0.1, -0.05) is 35.9 Å². The van der Waals surface area contributed by atoms with E-state index in [1.54, 1.807) is 29.2 Å². The zero-order valence-corrected chi connectivity index (χ0v) is 20.3. The van der Waals surface area contributed by atoms with Crippen LogP contribution >= 0.6 is 0 Å². The topological polar surface area (TPSA) is 92.0 Å². The molecule has 2 aromatic carbocycles. The summed E-state index contributed by atoms with van der Waals surface area (Å²) in [6, 6.07) is 14.6. The normalized spacial score (nSPS) is 18.6. The number of benzene rings is 2. The fraction of sp³-hybridized carbons (Fsp3) is 0.308. The molecule has 8 heteroatoms. The van der Waals surface area contributed by atoms with Crippen LogP contribution in [0.25, 0.3) is 0 Å². The van der Waals surface area contributed by atoms with Gasteiger partial charge in [0.1, 0.15) is 5.76 Å². The highest BCUT2D eigenvalue weighted by molar-refractivity contribution is 7.89. The Hall–Kier alpha value is -3.39. The summed E-state index contributed by atoms with van der Waals surface area (Å²) >= 11 is 0. The van der Waals surface area contributed by atoms with E-state index >= 15 is 0 Å². The van der Waals surface area contributed by atoms with Gasteiger partial charge in [-0.2, -0.15) is 18.4 Å². The first-order valence-electron chi connectivity index (χ1n) is 11.5. The number of rotatable bonds is 4. The van der Waals surface area contributed by atoms with Crippen LogP contribution < -0.4 is 9.73 Å². The highest BCUT2D eigenvalue weighted by Gasteiger charge is 2.36. The molecular weight excluding hydrogens is 450 g/mol. The van der Waals surface area contributed by atoms with Crippen LogP contribution in [0.4, 0.5) is 5.69 Å². The number of nitrogens with zero attached hydrogens (tertiary/aromatic N) is 2. The number of hydrogen-bond donors (Lipinski definition) is 1. The lowest BCUT2D eigenvalue weighted by Crippen LogP contribution is -2.35. The molecule has 1 unspecified atom stereocenters. The Morgan fingerprint density at radius 1 is 1.09 bits per heavy atom. The predicted molar refractivity (Wildman–Crippen MR) is 131 cm³/mol. The van der Waals surface area contributed by atoms with Crippen LogP contribution in [0.1, 0.15) is 58.3 Å². The minimum atomic E-state index is -3.80. The molecule has 0 saturated heterocycles. The average Bonchev–Trinajstić information content (AvgIpc) is 3.34. The second-order valence-electron chi connectivity index (χ2n) is 9.03. The number of anilines is 1. The smallest absolute Gasteiger partial charge is 0.294 e. The second-order valence-corrected chi connectivity index (χ2v) is 10.7. The first-order valence-corrected chi connectivity index (χ1v) is 12.9. The molecule has 1 N–H and O–H groups in total. The number of carbonyl (C=O) groups is 1. The van der Waals surface area contributed by atoms with Crippen LogP contribution in [0.15, 0.2) is 62.9 Å². The van der Waals surface area contributed by atoms with Gasteiger partial charge in [0.2, 0.25) is 0 Å². The van der Waals surface area contributed by atoms with Crippen molar-refractivity contribution in [1.29, 1.82) is 0 Å². The lowest BCUT2D eigenvalue weighted by Gasteiger charge is -2.21. The molecule has 1 amide bonds. The van der Waals surface area contributed by atoms with Crippen molar-refractivity contribution in [3.8, 4) is 0 Å². The Bertz CT molecular complexity index is 1400. The minimum absolute atomic E-state index is 0.0286. The molecule has 2 aliphatic rings. The average molecular weight is 478 g/mol. The number of hydrazone groups is 1. The molecule has 1 aliphatic carbocycles. The largest absolute Gasteiger partial charge is 0.455 e. The van der Waals surface area contributed by atoms with Gasteiger partial charge in [-0.3, -0.25) is 4.79 Å². The zero-order chi connectivity index (χ0) is 24.0. The summed E-state index contributed by atoms with van der Waals surface area (Å²) in [5.41, 5.74) is 5.06. The molecule has 176 valence electrons. The molecule has 0 radical (unpaired) electrons. The number of carbonyl (C=O) groups excluding carboxylic acids is 1. The fourth-order valence-electron chi connectivity index (χ4n) is 4.85. The van der Waals surface area contributed by atoms with Gasteiger partial charge in [0.25, 0.3) is 15.9 Å². The summed E-state index contributed by atoms with van der Waals surface area (Å²) in [6.07, 6.45) is 2.84. The molecule has 34 heavy (non-hydrogen) atoms. The Morgan fingerprint density at radius 3 is 2.59 bits per heavy atom. The monoisotopic (exact) mass is 477 g/mol. The summed E-state index contributed by atoms with van der Waals surface area (Å²) in [5.74, 6) is 0.800. The minimum Gasteiger partial charge on any atom is -0.455 e. The van der Waals surface area contributed by atoms with E-state index in [-0.39, 0.29) is 16.8 Å². The van der Waals surface area contributed by atoms with E-state index in [2.05, 4.69) is 9.93 Å². The first-order chi connectivity index (χ1) is 16.3. The summed E-state index contributed by atoms with van der Waals surface area (Å²) in [6.45, 7) is 5.77. The van der Waals surface area contributed by atoms with Gasteiger partial charge in [-0.25, -0.2) is 0 Å².